The Labute approximate surface area is 126 Å². The first-order valence-corrected chi connectivity index (χ1v) is 7.68. The highest BCUT2D eigenvalue weighted by atomic mass is 16.5. The Hall–Kier alpha value is -1.65. The smallest absolute Gasteiger partial charge is 0.150 e. The Kier molecular flexibility index (Phi) is 4.36. The lowest BCUT2D eigenvalue weighted by Gasteiger charge is -2.33. The first-order chi connectivity index (χ1) is 10.2. The van der Waals surface area contributed by atoms with Crippen LogP contribution in [0.4, 0.5) is 0 Å². The predicted molar refractivity (Wildman–Crippen MR) is 83.1 cm³/mol. The standard InChI is InChI=1S/C17H23N3O/c1-13(2)16-10-15(21-19-16)11-20-9-8-18-17(12-20)14-6-4-3-5-7-14/h3-7,10,13,17-18H,8-9,11-12H2,1-2H3. The van der Waals surface area contributed by atoms with E-state index in [0.29, 0.717) is 12.0 Å². The monoisotopic (exact) mass is 285 g/mol. The number of nitrogens with zero attached hydrogens (tertiary/aromatic N) is 2. The second kappa shape index (κ2) is 6.41. The molecule has 0 amide bonds. The number of nitrogens with one attached hydrogen (secondary N) is 1. The normalized spacial score (nSPS) is 20.0. The Balaban J connectivity index is 1.63. The molecule has 4 nitrogen and oxygen atoms in total. The van der Waals surface area contributed by atoms with Gasteiger partial charge >= 0.3 is 0 Å². The Bertz CT molecular complexity index is 564. The summed E-state index contributed by atoms with van der Waals surface area (Å²) in [7, 11) is 0. The molecule has 0 aliphatic carbocycles. The first kappa shape index (κ1) is 14.3. The van der Waals surface area contributed by atoms with Gasteiger partial charge in [0.15, 0.2) is 5.76 Å². The lowest BCUT2D eigenvalue weighted by molar-refractivity contribution is 0.174. The van der Waals surface area contributed by atoms with Gasteiger partial charge in [-0.1, -0.05) is 49.3 Å². The maximum atomic E-state index is 5.46. The summed E-state index contributed by atoms with van der Waals surface area (Å²) in [5.74, 6) is 1.38. The van der Waals surface area contributed by atoms with Crippen LogP contribution in [0.3, 0.4) is 0 Å². The second-order valence-corrected chi connectivity index (χ2v) is 6.03. The fraction of sp³-hybridized carbons (Fsp3) is 0.471. The lowest BCUT2D eigenvalue weighted by atomic mass is 10.0. The highest BCUT2D eigenvalue weighted by molar-refractivity contribution is 5.20. The van der Waals surface area contributed by atoms with Crippen LogP contribution in [-0.2, 0) is 6.54 Å². The zero-order chi connectivity index (χ0) is 14.7. The molecule has 1 N–H and O–H groups in total. The summed E-state index contributed by atoms with van der Waals surface area (Å²) in [6.07, 6.45) is 0. The van der Waals surface area contributed by atoms with Crippen molar-refractivity contribution in [3.05, 3.63) is 53.4 Å². The van der Waals surface area contributed by atoms with Gasteiger partial charge in [0.05, 0.1) is 12.2 Å². The molecule has 0 saturated carbocycles. The van der Waals surface area contributed by atoms with Crippen LogP contribution in [0.1, 0.15) is 42.8 Å². The molecular weight excluding hydrogens is 262 g/mol. The van der Waals surface area contributed by atoms with Crippen molar-refractivity contribution >= 4 is 0 Å². The van der Waals surface area contributed by atoms with Gasteiger partial charge in [-0.15, -0.1) is 0 Å². The van der Waals surface area contributed by atoms with Gasteiger partial charge in [-0.25, -0.2) is 0 Å². The van der Waals surface area contributed by atoms with Crippen LogP contribution >= 0.6 is 0 Å². The van der Waals surface area contributed by atoms with Crippen molar-refractivity contribution in [2.75, 3.05) is 19.6 Å². The van der Waals surface area contributed by atoms with Gasteiger partial charge in [0, 0.05) is 31.7 Å². The van der Waals surface area contributed by atoms with E-state index in [4.69, 9.17) is 4.52 Å². The zero-order valence-electron chi connectivity index (χ0n) is 12.7. The predicted octanol–water partition coefficient (Wildman–Crippen LogP) is 2.94. The Morgan fingerprint density at radius 2 is 2.14 bits per heavy atom. The maximum Gasteiger partial charge on any atom is 0.150 e. The summed E-state index contributed by atoms with van der Waals surface area (Å²) >= 11 is 0. The van der Waals surface area contributed by atoms with Crippen LogP contribution in [0.5, 0.6) is 0 Å². The van der Waals surface area contributed by atoms with Crippen LogP contribution < -0.4 is 5.32 Å². The SMILES string of the molecule is CC(C)c1cc(CN2CCNC(c3ccccc3)C2)on1. The van der Waals surface area contributed by atoms with Gasteiger partial charge < -0.3 is 9.84 Å². The van der Waals surface area contributed by atoms with Crippen LogP contribution in [0.2, 0.25) is 0 Å². The minimum Gasteiger partial charge on any atom is -0.360 e. The van der Waals surface area contributed by atoms with E-state index in [0.717, 1.165) is 37.6 Å². The molecule has 1 aliphatic rings. The molecule has 3 rings (SSSR count). The molecule has 1 unspecified atom stereocenters. The largest absolute Gasteiger partial charge is 0.360 e. The van der Waals surface area contributed by atoms with Gasteiger partial charge in [0.1, 0.15) is 0 Å². The highest BCUT2D eigenvalue weighted by Gasteiger charge is 2.21. The van der Waals surface area contributed by atoms with E-state index in [2.05, 4.69) is 65.6 Å². The van der Waals surface area contributed by atoms with Crippen molar-refractivity contribution in [2.24, 2.45) is 0 Å². The van der Waals surface area contributed by atoms with Crippen molar-refractivity contribution in [1.29, 1.82) is 0 Å². The van der Waals surface area contributed by atoms with Crippen LogP contribution in [0.25, 0.3) is 0 Å². The zero-order valence-corrected chi connectivity index (χ0v) is 12.7. The first-order valence-electron chi connectivity index (χ1n) is 7.68. The summed E-state index contributed by atoms with van der Waals surface area (Å²) in [5, 5.41) is 7.73. The third kappa shape index (κ3) is 3.52. The minimum atomic E-state index is 0.396. The molecule has 1 saturated heterocycles. The number of piperazine rings is 1. The third-order valence-corrected chi connectivity index (χ3v) is 4.01. The Morgan fingerprint density at radius 1 is 1.33 bits per heavy atom. The van der Waals surface area contributed by atoms with Gasteiger partial charge in [0.2, 0.25) is 0 Å². The quantitative estimate of drug-likeness (QED) is 0.937. The molecular formula is C17H23N3O. The average Bonchev–Trinajstić information content (AvgIpc) is 2.97. The van der Waals surface area contributed by atoms with Crippen molar-refractivity contribution in [3.8, 4) is 0 Å². The fourth-order valence-electron chi connectivity index (χ4n) is 2.76. The molecule has 2 heterocycles. The summed E-state index contributed by atoms with van der Waals surface area (Å²) in [6, 6.07) is 13.1. The minimum absolute atomic E-state index is 0.396. The summed E-state index contributed by atoms with van der Waals surface area (Å²) < 4.78 is 5.46. The number of rotatable bonds is 4. The van der Waals surface area contributed by atoms with Gasteiger partial charge in [-0.2, -0.15) is 0 Å². The van der Waals surface area contributed by atoms with Gasteiger partial charge in [-0.05, 0) is 11.5 Å². The van der Waals surface area contributed by atoms with Crippen molar-refractivity contribution in [2.45, 2.75) is 32.4 Å². The van der Waals surface area contributed by atoms with Crippen LogP contribution in [0, 0.1) is 0 Å². The molecule has 1 atom stereocenters. The molecule has 2 aromatic rings. The molecule has 1 aromatic heterocycles. The van der Waals surface area contributed by atoms with Gasteiger partial charge in [0.25, 0.3) is 0 Å². The lowest BCUT2D eigenvalue weighted by Crippen LogP contribution is -2.45. The van der Waals surface area contributed by atoms with E-state index in [-0.39, 0.29) is 0 Å². The van der Waals surface area contributed by atoms with E-state index < -0.39 is 0 Å². The fourth-order valence-corrected chi connectivity index (χ4v) is 2.76. The van der Waals surface area contributed by atoms with Crippen LogP contribution in [-0.4, -0.2) is 29.7 Å². The second-order valence-electron chi connectivity index (χ2n) is 6.03. The number of aromatic nitrogens is 1. The van der Waals surface area contributed by atoms with E-state index in [1.165, 1.54) is 5.56 Å². The number of hydrogen-bond donors (Lipinski definition) is 1. The van der Waals surface area contributed by atoms with E-state index in [1.54, 1.807) is 0 Å². The summed E-state index contributed by atoms with van der Waals surface area (Å²) in [4.78, 5) is 2.43. The average molecular weight is 285 g/mol. The topological polar surface area (TPSA) is 41.3 Å². The molecule has 1 aromatic carbocycles. The van der Waals surface area contributed by atoms with Gasteiger partial charge in [-0.3, -0.25) is 4.90 Å². The number of hydrogen-bond acceptors (Lipinski definition) is 4. The summed E-state index contributed by atoms with van der Waals surface area (Å²) in [5.41, 5.74) is 2.39. The van der Waals surface area contributed by atoms with E-state index in [1.807, 2.05) is 0 Å². The molecule has 1 aliphatic heterocycles. The van der Waals surface area contributed by atoms with Crippen LogP contribution in [0.15, 0.2) is 40.9 Å². The van der Waals surface area contributed by atoms with E-state index in [9.17, 15) is 0 Å². The molecule has 0 bridgehead atoms. The van der Waals surface area contributed by atoms with Crippen molar-refractivity contribution in [3.63, 3.8) is 0 Å². The maximum absolute atomic E-state index is 5.46. The summed E-state index contributed by atoms with van der Waals surface area (Å²) in [6.45, 7) is 8.16. The molecule has 0 spiro atoms. The molecule has 112 valence electrons. The molecule has 0 radical (unpaired) electrons. The van der Waals surface area contributed by atoms with E-state index >= 15 is 0 Å². The third-order valence-electron chi connectivity index (χ3n) is 4.01. The molecule has 4 heteroatoms. The molecule has 1 fully saturated rings. The highest BCUT2D eigenvalue weighted by Crippen LogP contribution is 2.20. The van der Waals surface area contributed by atoms with Crippen molar-refractivity contribution < 1.29 is 4.52 Å². The Morgan fingerprint density at radius 3 is 2.86 bits per heavy atom. The molecule has 21 heavy (non-hydrogen) atoms. The van der Waals surface area contributed by atoms with Crippen molar-refractivity contribution in [1.82, 2.24) is 15.4 Å². The number of benzene rings is 1.